The lowest BCUT2D eigenvalue weighted by Gasteiger charge is -2.30. The fraction of sp³-hybridized carbons (Fsp3) is 1.00. The molecule has 0 saturated heterocycles. The summed E-state index contributed by atoms with van der Waals surface area (Å²) in [6, 6.07) is 0.940. The first-order valence-electron chi connectivity index (χ1n) is 7.41. The molecule has 0 fully saturated rings. The van der Waals surface area contributed by atoms with E-state index in [1.165, 1.54) is 12.8 Å². The lowest BCUT2D eigenvalue weighted by molar-refractivity contribution is 0.0671. The molecule has 0 amide bonds. The molecular weight excluding hydrogens is 244 g/mol. The van der Waals surface area contributed by atoms with Crippen LogP contribution in [0.3, 0.4) is 0 Å². The lowest BCUT2D eigenvalue weighted by Crippen LogP contribution is -2.47. The van der Waals surface area contributed by atoms with Gasteiger partial charge in [0.2, 0.25) is 0 Å². The molecule has 0 N–H and O–H groups in total. The summed E-state index contributed by atoms with van der Waals surface area (Å²) in [5.41, 5.74) is 0. The summed E-state index contributed by atoms with van der Waals surface area (Å²) >= 11 is 0. The molecule has 0 aliphatic carbocycles. The molecule has 3 nitrogen and oxygen atoms in total. The van der Waals surface area contributed by atoms with E-state index in [-0.39, 0.29) is 0 Å². The first-order chi connectivity index (χ1) is 8.49. The molecular formula is C14H32O3Si. The van der Waals surface area contributed by atoms with E-state index in [0.29, 0.717) is 25.7 Å². The Hall–Kier alpha value is 0.0969. The Labute approximate surface area is 115 Å². The van der Waals surface area contributed by atoms with E-state index in [9.17, 15) is 0 Å². The predicted molar refractivity (Wildman–Crippen MR) is 78.7 cm³/mol. The van der Waals surface area contributed by atoms with Gasteiger partial charge in [0.05, 0.1) is 0 Å². The molecule has 0 heterocycles. The third-order valence-corrected chi connectivity index (χ3v) is 6.31. The van der Waals surface area contributed by atoms with E-state index in [2.05, 4.69) is 20.8 Å². The molecule has 110 valence electrons. The second-order valence-corrected chi connectivity index (χ2v) is 7.90. The Kier molecular flexibility index (Phi) is 10.0. The van der Waals surface area contributed by atoms with E-state index in [1.54, 1.807) is 0 Å². The summed E-state index contributed by atoms with van der Waals surface area (Å²) < 4.78 is 17.6. The number of rotatable bonds is 11. The fourth-order valence-electron chi connectivity index (χ4n) is 2.11. The van der Waals surface area contributed by atoms with Crippen LogP contribution in [0.4, 0.5) is 0 Å². The van der Waals surface area contributed by atoms with Crippen LogP contribution in [0, 0.1) is 11.8 Å². The fourth-order valence-corrected chi connectivity index (χ4v) is 5.09. The average molecular weight is 276 g/mol. The van der Waals surface area contributed by atoms with E-state index in [1.807, 2.05) is 20.8 Å². The molecule has 1 unspecified atom stereocenters. The summed E-state index contributed by atoms with van der Waals surface area (Å²) in [5, 5.41) is 0. The van der Waals surface area contributed by atoms with Gasteiger partial charge in [0.15, 0.2) is 0 Å². The molecule has 0 aromatic heterocycles. The summed E-state index contributed by atoms with van der Waals surface area (Å²) in [6.07, 6.45) is 2.48. The molecule has 0 saturated carbocycles. The van der Waals surface area contributed by atoms with Crippen LogP contribution in [0.25, 0.3) is 0 Å². The van der Waals surface area contributed by atoms with Crippen LogP contribution in [0.5, 0.6) is 0 Å². The van der Waals surface area contributed by atoms with Gasteiger partial charge in [0.25, 0.3) is 0 Å². The maximum absolute atomic E-state index is 5.88. The molecule has 0 bridgehead atoms. The first-order valence-corrected chi connectivity index (χ1v) is 9.34. The highest BCUT2D eigenvalue weighted by Gasteiger charge is 2.41. The molecule has 0 aliphatic heterocycles. The van der Waals surface area contributed by atoms with Crippen LogP contribution >= 0.6 is 0 Å². The van der Waals surface area contributed by atoms with Crippen molar-refractivity contribution in [1.82, 2.24) is 0 Å². The predicted octanol–water partition coefficient (Wildman–Crippen LogP) is 4.11. The van der Waals surface area contributed by atoms with Crippen LogP contribution in [0.15, 0.2) is 0 Å². The molecule has 0 aromatic carbocycles. The van der Waals surface area contributed by atoms with Crippen molar-refractivity contribution in [2.75, 3.05) is 19.8 Å². The van der Waals surface area contributed by atoms with Crippen molar-refractivity contribution in [3.05, 3.63) is 0 Å². The van der Waals surface area contributed by atoms with Crippen LogP contribution in [0.2, 0.25) is 6.04 Å². The maximum Gasteiger partial charge on any atom is 0.501 e. The zero-order valence-electron chi connectivity index (χ0n) is 13.1. The minimum Gasteiger partial charge on any atom is -0.374 e. The monoisotopic (exact) mass is 276 g/mol. The van der Waals surface area contributed by atoms with Gasteiger partial charge in [-0.25, -0.2) is 0 Å². The molecule has 4 heteroatoms. The topological polar surface area (TPSA) is 27.7 Å². The summed E-state index contributed by atoms with van der Waals surface area (Å²) in [7, 11) is -2.43. The van der Waals surface area contributed by atoms with E-state index in [4.69, 9.17) is 13.3 Å². The van der Waals surface area contributed by atoms with Crippen LogP contribution in [-0.2, 0) is 13.3 Å². The minimum atomic E-state index is -2.43. The molecule has 18 heavy (non-hydrogen) atoms. The quantitative estimate of drug-likeness (QED) is 0.532. The van der Waals surface area contributed by atoms with Crippen molar-refractivity contribution in [3.8, 4) is 0 Å². The minimum absolute atomic E-state index is 0.601. The molecule has 0 aliphatic rings. The highest BCUT2D eigenvalue weighted by molar-refractivity contribution is 6.60. The highest BCUT2D eigenvalue weighted by atomic mass is 28.4. The molecule has 0 rings (SSSR count). The summed E-state index contributed by atoms with van der Waals surface area (Å²) in [5.74, 6) is 1.36. The van der Waals surface area contributed by atoms with Gasteiger partial charge in [-0.3, -0.25) is 0 Å². The normalized spacial score (nSPS) is 14.2. The Morgan fingerprint density at radius 1 is 0.778 bits per heavy atom. The van der Waals surface area contributed by atoms with Gasteiger partial charge in [0, 0.05) is 25.9 Å². The third-order valence-electron chi connectivity index (χ3n) is 2.93. The third kappa shape index (κ3) is 7.51. The van der Waals surface area contributed by atoms with E-state index < -0.39 is 8.80 Å². The zero-order chi connectivity index (χ0) is 14.0. The van der Waals surface area contributed by atoms with Crippen molar-refractivity contribution >= 4 is 8.80 Å². The van der Waals surface area contributed by atoms with Crippen LogP contribution in [0.1, 0.15) is 54.4 Å². The van der Waals surface area contributed by atoms with Gasteiger partial charge in [0.1, 0.15) is 0 Å². The van der Waals surface area contributed by atoms with Crippen molar-refractivity contribution in [2.45, 2.75) is 60.4 Å². The largest absolute Gasteiger partial charge is 0.501 e. The summed E-state index contributed by atoms with van der Waals surface area (Å²) in [6.45, 7) is 14.9. The van der Waals surface area contributed by atoms with Crippen LogP contribution in [-0.4, -0.2) is 28.6 Å². The lowest BCUT2D eigenvalue weighted by atomic mass is 10.0. The maximum atomic E-state index is 5.88. The number of hydrogen-bond donors (Lipinski definition) is 0. The van der Waals surface area contributed by atoms with Gasteiger partial charge in [-0.15, -0.1) is 0 Å². The summed E-state index contributed by atoms with van der Waals surface area (Å²) in [4.78, 5) is 0. The Bertz CT molecular complexity index is 180. The van der Waals surface area contributed by atoms with Crippen molar-refractivity contribution in [3.63, 3.8) is 0 Å². The van der Waals surface area contributed by atoms with Gasteiger partial charge >= 0.3 is 8.80 Å². The molecule has 1 atom stereocenters. The highest BCUT2D eigenvalue weighted by Crippen LogP contribution is 2.25. The molecule has 0 spiro atoms. The van der Waals surface area contributed by atoms with Gasteiger partial charge in [-0.05, 0) is 32.6 Å². The van der Waals surface area contributed by atoms with Gasteiger partial charge in [-0.1, -0.05) is 33.6 Å². The Balaban J connectivity index is 4.43. The van der Waals surface area contributed by atoms with E-state index >= 15 is 0 Å². The average Bonchev–Trinajstić information content (AvgIpc) is 2.27. The van der Waals surface area contributed by atoms with Crippen LogP contribution < -0.4 is 0 Å². The second kappa shape index (κ2) is 9.95. The van der Waals surface area contributed by atoms with E-state index in [0.717, 1.165) is 12.0 Å². The Morgan fingerprint density at radius 2 is 1.22 bits per heavy atom. The second-order valence-electron chi connectivity index (χ2n) is 5.26. The van der Waals surface area contributed by atoms with Crippen molar-refractivity contribution in [1.29, 1.82) is 0 Å². The molecule has 0 aromatic rings. The molecule has 0 radical (unpaired) electrons. The van der Waals surface area contributed by atoms with Crippen molar-refractivity contribution < 1.29 is 13.3 Å². The zero-order valence-corrected chi connectivity index (χ0v) is 14.1. The Morgan fingerprint density at radius 3 is 1.56 bits per heavy atom. The first kappa shape index (κ1) is 18.1. The SMILES string of the molecule is CCO[Si](CC(C)CCC(C)C)(OCC)OCC. The standard InChI is InChI=1S/C14H32O3Si/c1-7-15-18(16-8-2,17-9-3)12-14(6)11-10-13(4)5/h13-14H,7-12H2,1-6H3. The van der Waals surface area contributed by atoms with Gasteiger partial charge < -0.3 is 13.3 Å². The van der Waals surface area contributed by atoms with Gasteiger partial charge in [-0.2, -0.15) is 0 Å². The van der Waals surface area contributed by atoms with Crippen molar-refractivity contribution in [2.24, 2.45) is 11.8 Å². The smallest absolute Gasteiger partial charge is 0.374 e. The number of hydrogen-bond acceptors (Lipinski definition) is 3.